The van der Waals surface area contributed by atoms with Crippen LogP contribution in [0.15, 0.2) is 35.1 Å². The highest BCUT2D eigenvalue weighted by molar-refractivity contribution is 5.33. The Morgan fingerprint density at radius 3 is 2.54 bits per heavy atom. The minimum atomic E-state index is 0.0771. The second-order valence-electron chi connectivity index (χ2n) is 6.62. The van der Waals surface area contributed by atoms with Crippen molar-refractivity contribution in [1.82, 2.24) is 19.6 Å². The van der Waals surface area contributed by atoms with Crippen molar-refractivity contribution in [2.45, 2.75) is 32.7 Å². The molecule has 0 radical (unpaired) electrons. The molecule has 0 saturated carbocycles. The zero-order valence-corrected chi connectivity index (χ0v) is 14.8. The van der Waals surface area contributed by atoms with Gasteiger partial charge in [-0.1, -0.05) is 18.2 Å². The van der Waals surface area contributed by atoms with E-state index >= 15 is 0 Å². The molecule has 3 rings (SSSR count). The largest absolute Gasteiger partial charge is 0.312 e. The van der Waals surface area contributed by atoms with Crippen LogP contribution in [0.4, 0.5) is 0 Å². The normalized spacial score (nSPS) is 15.2. The van der Waals surface area contributed by atoms with Crippen molar-refractivity contribution in [2.75, 3.05) is 26.2 Å². The third-order valence-electron chi connectivity index (χ3n) is 5.00. The smallest absolute Gasteiger partial charge is 0.276 e. The van der Waals surface area contributed by atoms with Gasteiger partial charge in [-0.2, -0.15) is 0 Å². The number of para-hydroxylation sites is 1. The fourth-order valence-electron chi connectivity index (χ4n) is 3.47. The summed E-state index contributed by atoms with van der Waals surface area (Å²) in [7, 11) is 1.95. The highest BCUT2D eigenvalue weighted by Crippen LogP contribution is 2.10. The molecule has 0 unspecified atom stereocenters. The molecule has 1 aliphatic rings. The van der Waals surface area contributed by atoms with E-state index in [2.05, 4.69) is 10.2 Å². The van der Waals surface area contributed by atoms with Crippen LogP contribution >= 0.6 is 0 Å². The molecule has 0 bridgehead atoms. The molecule has 24 heavy (non-hydrogen) atoms. The van der Waals surface area contributed by atoms with Crippen molar-refractivity contribution in [3.63, 3.8) is 0 Å². The fraction of sp³-hybridized carbons (Fsp3) is 0.526. The summed E-state index contributed by atoms with van der Waals surface area (Å²) in [6.07, 6.45) is 3.82. The van der Waals surface area contributed by atoms with E-state index in [9.17, 15) is 4.79 Å². The average molecular weight is 328 g/mol. The number of likely N-dealkylation sites (tertiary alicyclic amines) is 1. The Hall–Kier alpha value is -1.85. The van der Waals surface area contributed by atoms with Gasteiger partial charge in [-0.3, -0.25) is 9.48 Å². The Balaban J connectivity index is 1.61. The van der Waals surface area contributed by atoms with Crippen LogP contribution in [0, 0.1) is 6.92 Å². The molecule has 5 nitrogen and oxygen atoms in total. The lowest BCUT2D eigenvalue weighted by molar-refractivity contribution is 0.331. The third kappa shape index (κ3) is 3.62. The SMILES string of the molecule is Cc1c(CNCCCN2CCCC2)c(=O)n(-c2ccccc2)n1C. The number of nitrogens with zero attached hydrogens (tertiary/aromatic N) is 3. The lowest BCUT2D eigenvalue weighted by Crippen LogP contribution is -2.27. The minimum absolute atomic E-state index is 0.0771. The van der Waals surface area contributed by atoms with Gasteiger partial charge in [-0.15, -0.1) is 0 Å². The molecule has 0 spiro atoms. The van der Waals surface area contributed by atoms with Crippen LogP contribution in [0.25, 0.3) is 5.69 Å². The third-order valence-corrected chi connectivity index (χ3v) is 5.00. The maximum absolute atomic E-state index is 12.8. The van der Waals surface area contributed by atoms with Crippen molar-refractivity contribution in [1.29, 1.82) is 0 Å². The first kappa shape index (κ1) is 17.0. The quantitative estimate of drug-likeness (QED) is 0.791. The number of nitrogens with one attached hydrogen (secondary N) is 1. The molecule has 2 heterocycles. The van der Waals surface area contributed by atoms with E-state index in [-0.39, 0.29) is 5.56 Å². The van der Waals surface area contributed by atoms with Crippen LogP contribution in [0.1, 0.15) is 30.5 Å². The first-order chi connectivity index (χ1) is 11.7. The van der Waals surface area contributed by atoms with Gasteiger partial charge in [-0.25, -0.2) is 4.68 Å². The summed E-state index contributed by atoms with van der Waals surface area (Å²) in [5, 5.41) is 3.45. The second kappa shape index (κ2) is 7.81. The van der Waals surface area contributed by atoms with Gasteiger partial charge in [-0.05, 0) is 64.5 Å². The summed E-state index contributed by atoms with van der Waals surface area (Å²) >= 11 is 0. The Kier molecular flexibility index (Phi) is 5.53. The predicted molar refractivity (Wildman–Crippen MR) is 97.7 cm³/mol. The summed E-state index contributed by atoms with van der Waals surface area (Å²) in [6, 6.07) is 9.82. The van der Waals surface area contributed by atoms with Crippen LogP contribution in [0.3, 0.4) is 0 Å². The van der Waals surface area contributed by atoms with E-state index in [0.29, 0.717) is 6.54 Å². The second-order valence-corrected chi connectivity index (χ2v) is 6.62. The van der Waals surface area contributed by atoms with Crippen LogP contribution < -0.4 is 10.9 Å². The molecule has 0 amide bonds. The average Bonchev–Trinajstić information content (AvgIpc) is 3.18. The number of hydrogen-bond acceptors (Lipinski definition) is 3. The van der Waals surface area contributed by atoms with E-state index in [1.807, 2.05) is 49.0 Å². The zero-order chi connectivity index (χ0) is 16.9. The first-order valence-corrected chi connectivity index (χ1v) is 8.94. The number of aromatic nitrogens is 2. The Morgan fingerprint density at radius 1 is 1.12 bits per heavy atom. The van der Waals surface area contributed by atoms with Crippen molar-refractivity contribution in [3.05, 3.63) is 51.9 Å². The Labute approximate surface area is 143 Å². The molecule has 2 aromatic rings. The van der Waals surface area contributed by atoms with Gasteiger partial charge < -0.3 is 10.2 Å². The van der Waals surface area contributed by atoms with E-state index in [4.69, 9.17) is 0 Å². The van der Waals surface area contributed by atoms with Gasteiger partial charge in [0.1, 0.15) is 0 Å². The molecule has 0 atom stereocenters. The summed E-state index contributed by atoms with van der Waals surface area (Å²) in [5.41, 5.74) is 2.88. The summed E-state index contributed by atoms with van der Waals surface area (Å²) in [5.74, 6) is 0. The number of hydrogen-bond donors (Lipinski definition) is 1. The van der Waals surface area contributed by atoms with Crippen LogP contribution in [-0.4, -0.2) is 40.4 Å². The summed E-state index contributed by atoms with van der Waals surface area (Å²) < 4.78 is 3.69. The van der Waals surface area contributed by atoms with Crippen molar-refractivity contribution in [2.24, 2.45) is 7.05 Å². The van der Waals surface area contributed by atoms with E-state index in [1.54, 1.807) is 4.68 Å². The van der Waals surface area contributed by atoms with Gasteiger partial charge in [0.2, 0.25) is 0 Å². The first-order valence-electron chi connectivity index (χ1n) is 8.94. The van der Waals surface area contributed by atoms with E-state index in [1.165, 1.54) is 25.9 Å². The van der Waals surface area contributed by atoms with E-state index < -0.39 is 0 Å². The van der Waals surface area contributed by atoms with Crippen molar-refractivity contribution in [3.8, 4) is 5.69 Å². The van der Waals surface area contributed by atoms with Crippen molar-refractivity contribution < 1.29 is 0 Å². The highest BCUT2D eigenvalue weighted by Gasteiger charge is 2.15. The van der Waals surface area contributed by atoms with Gasteiger partial charge in [0.15, 0.2) is 0 Å². The molecule has 1 aromatic heterocycles. The molecule has 1 N–H and O–H groups in total. The molecule has 1 aromatic carbocycles. The molecule has 1 saturated heterocycles. The lowest BCUT2D eigenvalue weighted by Gasteiger charge is -2.14. The summed E-state index contributed by atoms with van der Waals surface area (Å²) in [6.45, 7) is 7.27. The van der Waals surface area contributed by atoms with Crippen LogP contribution in [-0.2, 0) is 13.6 Å². The number of rotatable bonds is 7. The minimum Gasteiger partial charge on any atom is -0.312 e. The van der Waals surface area contributed by atoms with Gasteiger partial charge in [0.25, 0.3) is 5.56 Å². The maximum Gasteiger partial charge on any atom is 0.276 e. The molecular weight excluding hydrogens is 300 g/mol. The van der Waals surface area contributed by atoms with Gasteiger partial charge in [0.05, 0.1) is 11.3 Å². The molecule has 1 fully saturated rings. The lowest BCUT2D eigenvalue weighted by atomic mass is 10.2. The molecule has 1 aliphatic heterocycles. The van der Waals surface area contributed by atoms with Crippen molar-refractivity contribution >= 4 is 0 Å². The van der Waals surface area contributed by atoms with E-state index in [0.717, 1.165) is 36.5 Å². The standard InChI is InChI=1S/C19H28N4O/c1-16-18(15-20-11-8-14-22-12-6-7-13-22)19(24)23(21(16)2)17-9-4-3-5-10-17/h3-5,9-10,20H,6-8,11-15H2,1-2H3. The molecule has 130 valence electrons. The number of benzene rings is 1. The zero-order valence-electron chi connectivity index (χ0n) is 14.8. The molecule has 5 heteroatoms. The monoisotopic (exact) mass is 328 g/mol. The highest BCUT2D eigenvalue weighted by atomic mass is 16.1. The maximum atomic E-state index is 12.8. The Bertz CT molecular complexity index is 711. The summed E-state index contributed by atoms with van der Waals surface area (Å²) in [4.78, 5) is 15.3. The topological polar surface area (TPSA) is 42.2 Å². The Morgan fingerprint density at radius 2 is 1.83 bits per heavy atom. The fourth-order valence-corrected chi connectivity index (χ4v) is 3.47. The van der Waals surface area contributed by atoms with Crippen LogP contribution in [0.5, 0.6) is 0 Å². The molecule has 0 aliphatic carbocycles. The molecular formula is C19H28N4O. The van der Waals surface area contributed by atoms with Gasteiger partial charge >= 0.3 is 0 Å². The van der Waals surface area contributed by atoms with Crippen LogP contribution in [0.2, 0.25) is 0 Å². The predicted octanol–water partition coefficient (Wildman–Crippen LogP) is 2.06. The van der Waals surface area contributed by atoms with Gasteiger partial charge in [0, 0.05) is 19.3 Å².